The van der Waals surface area contributed by atoms with E-state index in [1.807, 2.05) is 0 Å². The molecular weight excluding hydrogens is 755 g/mol. The van der Waals surface area contributed by atoms with Crippen molar-refractivity contribution in [2.45, 2.75) is 12.3 Å². The quantitative estimate of drug-likeness (QED) is 0.161. The molecule has 0 bridgehead atoms. The van der Waals surface area contributed by atoms with E-state index in [0.717, 1.165) is 61.7 Å². The van der Waals surface area contributed by atoms with E-state index in [2.05, 4.69) is 228 Å². The van der Waals surface area contributed by atoms with Crippen LogP contribution in [0, 0.1) is 0 Å². The zero-order valence-electron chi connectivity index (χ0n) is 33.8. The molecule has 0 amide bonds. The Morgan fingerprint density at radius 3 is 1.73 bits per heavy atom. The average molecular weight is 794 g/mol. The number of para-hydroxylation sites is 3. The third-order valence-corrected chi connectivity index (χ3v) is 12.3. The lowest BCUT2D eigenvalue weighted by Gasteiger charge is -2.14. The monoisotopic (exact) mass is 793 g/mol. The van der Waals surface area contributed by atoms with E-state index >= 15 is 0 Å². The Kier molecular flexibility index (Phi) is 8.56. The Balaban J connectivity index is 1.03. The maximum atomic E-state index is 5.33. The Morgan fingerprint density at radius 1 is 0.371 bits per heavy atom. The minimum absolute atomic E-state index is 0.354. The highest BCUT2D eigenvalue weighted by Gasteiger charge is 2.20. The summed E-state index contributed by atoms with van der Waals surface area (Å²) in [4.78, 5) is 15.9. The van der Waals surface area contributed by atoms with Crippen LogP contribution in [-0.2, 0) is 0 Å². The van der Waals surface area contributed by atoms with Crippen LogP contribution < -0.4 is 0 Å². The molecule has 0 aliphatic heterocycles. The molecule has 0 N–H and O–H groups in total. The van der Waals surface area contributed by atoms with Crippen LogP contribution in [0.5, 0.6) is 0 Å². The van der Waals surface area contributed by atoms with Gasteiger partial charge in [-0.2, -0.15) is 9.97 Å². The van der Waals surface area contributed by atoms with Crippen molar-refractivity contribution in [1.82, 2.24) is 24.1 Å². The molecule has 0 saturated heterocycles. The molecule has 1 atom stereocenters. The number of aromatic nitrogens is 5. The fourth-order valence-electron chi connectivity index (χ4n) is 9.27. The van der Waals surface area contributed by atoms with Crippen molar-refractivity contribution < 1.29 is 0 Å². The standard InChI is InChI=1S/C57H39N5/c1-4-15-38(16-5-1)40-27-29-41(30-28-40)55-58-56(60-57(59-55)62-52-26-13-11-24-48(52)50-36-43(32-34-53(50)62)39-17-6-2-7-18-39)45-20-14-19-42(35-45)44-31-33-49-47-23-10-12-25-51(47)61(54(49)37-44)46-21-8-3-9-22-46/h1-15,17-38H,16H2. The Hall–Kier alpha value is -8.15. The smallest absolute Gasteiger partial charge is 0.238 e. The molecule has 11 aromatic rings. The average Bonchev–Trinajstić information content (AvgIpc) is 3.87. The van der Waals surface area contributed by atoms with Gasteiger partial charge < -0.3 is 4.57 Å². The molecule has 62 heavy (non-hydrogen) atoms. The van der Waals surface area contributed by atoms with Crippen molar-refractivity contribution in [2.75, 3.05) is 0 Å². The van der Waals surface area contributed by atoms with Crippen molar-refractivity contribution in [3.05, 3.63) is 224 Å². The molecule has 1 unspecified atom stereocenters. The van der Waals surface area contributed by atoms with Gasteiger partial charge in [-0.1, -0.05) is 170 Å². The van der Waals surface area contributed by atoms with E-state index in [1.54, 1.807) is 0 Å². The Bertz CT molecular complexity index is 3540. The molecule has 12 rings (SSSR count). The van der Waals surface area contributed by atoms with Crippen molar-refractivity contribution in [3.8, 4) is 56.7 Å². The van der Waals surface area contributed by atoms with Gasteiger partial charge in [0.25, 0.3) is 0 Å². The van der Waals surface area contributed by atoms with E-state index in [-0.39, 0.29) is 0 Å². The zero-order valence-corrected chi connectivity index (χ0v) is 33.8. The molecule has 0 radical (unpaired) electrons. The van der Waals surface area contributed by atoms with Gasteiger partial charge in [-0.15, -0.1) is 0 Å². The number of allylic oxidation sites excluding steroid dienone is 4. The number of benzene rings is 8. The van der Waals surface area contributed by atoms with Crippen molar-refractivity contribution in [3.63, 3.8) is 0 Å². The SMILES string of the molecule is C1=CCC(c2ccc(-c3nc(-c4cccc(-c5ccc6c7ccccc7n(-c7ccccc7)c6c5)c4)nc(-n4c5ccccc5c5cc(-c6ccccc6)ccc54)n3)cc2)C=C1. The summed E-state index contributed by atoms with van der Waals surface area (Å²) < 4.78 is 4.56. The lowest BCUT2D eigenvalue weighted by molar-refractivity contribution is 0.854. The molecule has 0 spiro atoms. The second-order valence-electron chi connectivity index (χ2n) is 16.0. The summed E-state index contributed by atoms with van der Waals surface area (Å²) in [6.07, 6.45) is 9.75. The van der Waals surface area contributed by atoms with Crippen LogP contribution in [0.1, 0.15) is 17.9 Å². The van der Waals surface area contributed by atoms with Crippen molar-refractivity contribution in [1.29, 1.82) is 0 Å². The molecule has 8 aromatic carbocycles. The first-order valence-corrected chi connectivity index (χ1v) is 21.2. The first kappa shape index (κ1) is 35.8. The van der Waals surface area contributed by atoms with E-state index in [9.17, 15) is 0 Å². The molecule has 0 fully saturated rings. The van der Waals surface area contributed by atoms with E-state index in [0.29, 0.717) is 23.5 Å². The minimum atomic E-state index is 0.354. The maximum absolute atomic E-state index is 5.33. The summed E-state index contributed by atoms with van der Waals surface area (Å²) in [6, 6.07) is 69.2. The predicted molar refractivity (Wildman–Crippen MR) is 256 cm³/mol. The highest BCUT2D eigenvalue weighted by atomic mass is 15.2. The molecule has 292 valence electrons. The Labute approximate surface area is 359 Å². The first-order valence-electron chi connectivity index (χ1n) is 21.2. The summed E-state index contributed by atoms with van der Waals surface area (Å²) in [7, 11) is 0. The summed E-state index contributed by atoms with van der Waals surface area (Å²) >= 11 is 0. The third kappa shape index (κ3) is 6.13. The fourth-order valence-corrected chi connectivity index (χ4v) is 9.27. The van der Waals surface area contributed by atoms with Gasteiger partial charge in [0, 0.05) is 44.3 Å². The first-order chi connectivity index (χ1) is 30.7. The number of hydrogen-bond acceptors (Lipinski definition) is 3. The van der Waals surface area contributed by atoms with Crippen LogP contribution in [0.2, 0.25) is 0 Å². The van der Waals surface area contributed by atoms with Crippen molar-refractivity contribution >= 4 is 43.6 Å². The third-order valence-electron chi connectivity index (χ3n) is 12.3. The van der Waals surface area contributed by atoms with Gasteiger partial charge in [0.15, 0.2) is 11.6 Å². The van der Waals surface area contributed by atoms with Crippen LogP contribution in [0.15, 0.2) is 218 Å². The van der Waals surface area contributed by atoms with Gasteiger partial charge in [-0.25, -0.2) is 4.98 Å². The van der Waals surface area contributed by atoms with Gasteiger partial charge in [-0.05, 0) is 82.8 Å². The van der Waals surface area contributed by atoms with Crippen LogP contribution in [0.3, 0.4) is 0 Å². The number of fused-ring (bicyclic) bond motifs is 6. The summed E-state index contributed by atoms with van der Waals surface area (Å²) in [6.45, 7) is 0. The van der Waals surface area contributed by atoms with Crippen LogP contribution in [0.4, 0.5) is 0 Å². The van der Waals surface area contributed by atoms with Gasteiger partial charge in [0.1, 0.15) is 0 Å². The summed E-state index contributed by atoms with van der Waals surface area (Å²) in [5.74, 6) is 2.17. The van der Waals surface area contributed by atoms with Gasteiger partial charge in [0.2, 0.25) is 5.95 Å². The van der Waals surface area contributed by atoms with Gasteiger partial charge in [-0.3, -0.25) is 4.57 Å². The van der Waals surface area contributed by atoms with E-state index < -0.39 is 0 Å². The highest BCUT2D eigenvalue weighted by Crippen LogP contribution is 2.38. The molecule has 1 aliphatic rings. The molecular formula is C57H39N5. The highest BCUT2D eigenvalue weighted by molar-refractivity contribution is 6.11. The number of hydrogen-bond donors (Lipinski definition) is 0. The molecule has 3 heterocycles. The lowest BCUT2D eigenvalue weighted by Crippen LogP contribution is -2.06. The Morgan fingerprint density at radius 2 is 0.952 bits per heavy atom. The topological polar surface area (TPSA) is 48.5 Å². The minimum Gasteiger partial charge on any atom is -0.309 e. The number of nitrogens with zero attached hydrogens (tertiary/aromatic N) is 5. The normalized spacial score (nSPS) is 13.8. The van der Waals surface area contributed by atoms with Gasteiger partial charge >= 0.3 is 0 Å². The van der Waals surface area contributed by atoms with Crippen molar-refractivity contribution in [2.24, 2.45) is 0 Å². The number of rotatable bonds is 7. The summed E-state index contributed by atoms with van der Waals surface area (Å²) in [5.41, 5.74) is 13.2. The zero-order chi connectivity index (χ0) is 41.0. The van der Waals surface area contributed by atoms with Crippen LogP contribution in [-0.4, -0.2) is 24.1 Å². The largest absolute Gasteiger partial charge is 0.309 e. The van der Waals surface area contributed by atoms with E-state index in [4.69, 9.17) is 15.0 Å². The van der Waals surface area contributed by atoms with Crippen LogP contribution in [0.25, 0.3) is 100 Å². The summed E-state index contributed by atoms with van der Waals surface area (Å²) in [5, 5.41) is 4.75. The van der Waals surface area contributed by atoms with E-state index in [1.165, 1.54) is 33.0 Å². The molecule has 0 saturated carbocycles. The molecule has 3 aromatic heterocycles. The van der Waals surface area contributed by atoms with Crippen LogP contribution >= 0.6 is 0 Å². The second kappa shape index (κ2) is 14.8. The molecule has 1 aliphatic carbocycles. The maximum Gasteiger partial charge on any atom is 0.238 e. The second-order valence-corrected chi connectivity index (χ2v) is 16.0. The molecule has 5 heteroatoms. The van der Waals surface area contributed by atoms with Gasteiger partial charge in [0.05, 0.1) is 22.1 Å². The lowest BCUT2D eigenvalue weighted by atomic mass is 9.92. The fraction of sp³-hybridized carbons (Fsp3) is 0.0351. The molecule has 5 nitrogen and oxygen atoms in total. The predicted octanol–water partition coefficient (Wildman–Crippen LogP) is 14.3.